The first-order chi connectivity index (χ1) is 13.7. The Labute approximate surface area is 170 Å². The molecule has 2 aromatic carbocycles. The normalized spacial score (nSPS) is 10.8. The van der Waals surface area contributed by atoms with Crippen LogP contribution >= 0.6 is 23.3 Å². The average Bonchev–Trinajstić information content (AvgIpc) is 3.23. The van der Waals surface area contributed by atoms with Crippen LogP contribution in [0.2, 0.25) is 0 Å². The van der Waals surface area contributed by atoms with Crippen LogP contribution in [0.5, 0.6) is 0 Å². The van der Waals surface area contributed by atoms with Gasteiger partial charge in [-0.05, 0) is 47.0 Å². The SMILES string of the molecule is C=CSNc1ccc(Nc2cncs2)c(-c2cn(C)c(=O)c3ccccc23)c1. The lowest BCUT2D eigenvalue weighted by Gasteiger charge is -2.16. The zero-order valence-electron chi connectivity index (χ0n) is 15.2. The zero-order chi connectivity index (χ0) is 19.5. The first-order valence-corrected chi connectivity index (χ1v) is 10.3. The number of anilines is 3. The molecule has 7 heteroatoms. The highest BCUT2D eigenvalue weighted by molar-refractivity contribution is 8.03. The van der Waals surface area contributed by atoms with Gasteiger partial charge in [0.05, 0.1) is 11.7 Å². The summed E-state index contributed by atoms with van der Waals surface area (Å²) in [7, 11) is 1.78. The minimum Gasteiger partial charge on any atom is -0.345 e. The van der Waals surface area contributed by atoms with Crippen LogP contribution in [-0.4, -0.2) is 9.55 Å². The van der Waals surface area contributed by atoms with Crippen LogP contribution in [0.3, 0.4) is 0 Å². The van der Waals surface area contributed by atoms with Crippen molar-refractivity contribution in [2.75, 3.05) is 10.0 Å². The number of hydrogen-bond acceptors (Lipinski definition) is 6. The van der Waals surface area contributed by atoms with Gasteiger partial charge in [0.2, 0.25) is 0 Å². The highest BCUT2D eigenvalue weighted by Gasteiger charge is 2.14. The van der Waals surface area contributed by atoms with E-state index in [0.717, 1.165) is 32.9 Å². The molecule has 28 heavy (non-hydrogen) atoms. The van der Waals surface area contributed by atoms with Gasteiger partial charge in [-0.3, -0.25) is 9.78 Å². The maximum absolute atomic E-state index is 12.6. The van der Waals surface area contributed by atoms with E-state index >= 15 is 0 Å². The second-order valence-electron chi connectivity index (χ2n) is 6.14. The number of nitrogens with one attached hydrogen (secondary N) is 2. The summed E-state index contributed by atoms with van der Waals surface area (Å²) in [5.41, 5.74) is 5.66. The molecule has 4 rings (SSSR count). The number of benzene rings is 2. The molecule has 2 heterocycles. The fourth-order valence-corrected chi connectivity index (χ4v) is 3.96. The number of pyridine rings is 1. The van der Waals surface area contributed by atoms with Gasteiger partial charge in [0.15, 0.2) is 0 Å². The first kappa shape index (κ1) is 18.3. The molecule has 0 saturated heterocycles. The molecule has 0 aliphatic rings. The zero-order valence-corrected chi connectivity index (χ0v) is 16.8. The minimum atomic E-state index is -0.00666. The maximum Gasteiger partial charge on any atom is 0.258 e. The Morgan fingerprint density at radius 3 is 2.75 bits per heavy atom. The summed E-state index contributed by atoms with van der Waals surface area (Å²) in [6.45, 7) is 3.73. The molecule has 2 aromatic heterocycles. The third kappa shape index (κ3) is 3.54. The Balaban J connectivity index is 1.94. The molecule has 0 amide bonds. The molecule has 0 bridgehead atoms. The van der Waals surface area contributed by atoms with E-state index in [1.54, 1.807) is 28.7 Å². The van der Waals surface area contributed by atoms with Gasteiger partial charge in [0.1, 0.15) is 5.00 Å². The second-order valence-corrected chi connectivity index (χ2v) is 7.80. The lowest BCUT2D eigenvalue weighted by atomic mass is 9.98. The molecule has 4 aromatic rings. The van der Waals surface area contributed by atoms with Crippen molar-refractivity contribution in [3.8, 4) is 11.1 Å². The summed E-state index contributed by atoms with van der Waals surface area (Å²) in [4.78, 5) is 16.7. The summed E-state index contributed by atoms with van der Waals surface area (Å²) in [5.74, 6) is 0. The molecule has 0 spiro atoms. The molecule has 0 radical (unpaired) electrons. The van der Waals surface area contributed by atoms with Crippen molar-refractivity contribution >= 4 is 50.4 Å². The Morgan fingerprint density at radius 2 is 2.00 bits per heavy atom. The molecule has 140 valence electrons. The summed E-state index contributed by atoms with van der Waals surface area (Å²) >= 11 is 2.95. The molecule has 0 saturated carbocycles. The lowest BCUT2D eigenvalue weighted by molar-refractivity contribution is 0.875. The Morgan fingerprint density at radius 1 is 1.18 bits per heavy atom. The first-order valence-electron chi connectivity index (χ1n) is 8.58. The van der Waals surface area contributed by atoms with Crippen molar-refractivity contribution in [3.05, 3.63) is 82.7 Å². The van der Waals surface area contributed by atoms with E-state index in [-0.39, 0.29) is 5.56 Å². The highest BCUT2D eigenvalue weighted by atomic mass is 32.2. The minimum absolute atomic E-state index is 0.00666. The number of hydrogen-bond donors (Lipinski definition) is 2. The van der Waals surface area contributed by atoms with E-state index in [9.17, 15) is 4.79 Å². The van der Waals surface area contributed by atoms with E-state index in [4.69, 9.17) is 0 Å². The molecule has 0 aliphatic carbocycles. The van der Waals surface area contributed by atoms with Crippen molar-refractivity contribution in [2.24, 2.45) is 7.05 Å². The van der Waals surface area contributed by atoms with Crippen molar-refractivity contribution < 1.29 is 0 Å². The molecule has 5 nitrogen and oxygen atoms in total. The third-order valence-electron chi connectivity index (χ3n) is 4.35. The van der Waals surface area contributed by atoms with Crippen LogP contribution in [0.4, 0.5) is 16.4 Å². The standard InChI is InChI=1S/C21H18N4OS2/c1-3-28-24-14-8-9-19(23-20-11-22-13-27-20)17(10-14)18-12-25(2)21(26)16-7-5-4-6-15(16)18/h3-13,23-24H,1H2,2H3. The topological polar surface area (TPSA) is 59.0 Å². The van der Waals surface area contributed by atoms with Gasteiger partial charge in [0.25, 0.3) is 5.56 Å². The smallest absolute Gasteiger partial charge is 0.258 e. The molecular formula is C21H18N4OS2. The average molecular weight is 407 g/mol. The monoisotopic (exact) mass is 406 g/mol. The van der Waals surface area contributed by atoms with E-state index in [2.05, 4.69) is 27.7 Å². The second kappa shape index (κ2) is 7.92. The molecule has 2 N–H and O–H groups in total. The van der Waals surface area contributed by atoms with Crippen molar-refractivity contribution in [2.45, 2.75) is 0 Å². The molecular weight excluding hydrogens is 388 g/mol. The summed E-state index contributed by atoms with van der Waals surface area (Å²) < 4.78 is 4.89. The molecule has 0 aliphatic heterocycles. The highest BCUT2D eigenvalue weighted by Crippen LogP contribution is 2.37. The van der Waals surface area contributed by atoms with Crippen molar-refractivity contribution in [3.63, 3.8) is 0 Å². The number of fused-ring (bicyclic) bond motifs is 1. The Hall–Kier alpha value is -3.03. The fraction of sp³-hybridized carbons (Fsp3) is 0.0476. The number of aromatic nitrogens is 2. The predicted octanol–water partition coefficient (Wildman–Crippen LogP) is 5.61. The molecule has 0 unspecified atom stereocenters. The van der Waals surface area contributed by atoms with Crippen molar-refractivity contribution in [1.29, 1.82) is 0 Å². The summed E-state index contributed by atoms with van der Waals surface area (Å²) in [6, 6.07) is 13.8. The number of thiazole rings is 1. The van der Waals surface area contributed by atoms with Gasteiger partial charge in [0, 0.05) is 41.1 Å². The van der Waals surface area contributed by atoms with Crippen molar-refractivity contribution in [1.82, 2.24) is 9.55 Å². The quantitative estimate of drug-likeness (QED) is 0.408. The molecule has 0 atom stereocenters. The van der Waals surface area contributed by atoms with Gasteiger partial charge in [-0.1, -0.05) is 24.8 Å². The summed E-state index contributed by atoms with van der Waals surface area (Å²) in [6.07, 6.45) is 3.69. The Kier molecular flexibility index (Phi) is 5.18. The number of rotatable bonds is 6. The van der Waals surface area contributed by atoms with Crippen LogP contribution < -0.4 is 15.6 Å². The Bertz CT molecular complexity index is 1200. The van der Waals surface area contributed by atoms with Gasteiger partial charge < -0.3 is 14.6 Å². The van der Waals surface area contributed by atoms with Gasteiger partial charge in [-0.25, -0.2) is 0 Å². The van der Waals surface area contributed by atoms with E-state index in [0.29, 0.717) is 5.39 Å². The predicted molar refractivity (Wildman–Crippen MR) is 121 cm³/mol. The van der Waals surface area contributed by atoms with Crippen LogP contribution in [-0.2, 0) is 7.05 Å². The van der Waals surface area contributed by atoms with Crippen LogP contribution in [0, 0.1) is 0 Å². The van der Waals surface area contributed by atoms with Gasteiger partial charge in [-0.2, -0.15) is 0 Å². The van der Waals surface area contributed by atoms with E-state index < -0.39 is 0 Å². The number of aryl methyl sites for hydroxylation is 1. The van der Waals surface area contributed by atoms with Crippen LogP contribution in [0.1, 0.15) is 0 Å². The molecule has 0 fully saturated rings. The van der Waals surface area contributed by atoms with Crippen LogP contribution in [0.15, 0.2) is 77.2 Å². The third-order valence-corrected chi connectivity index (χ3v) is 5.56. The van der Waals surface area contributed by atoms with Gasteiger partial charge in [-0.15, -0.1) is 11.3 Å². The van der Waals surface area contributed by atoms with Crippen LogP contribution in [0.25, 0.3) is 21.9 Å². The maximum atomic E-state index is 12.6. The lowest BCUT2D eigenvalue weighted by Crippen LogP contribution is -2.16. The fourth-order valence-electron chi connectivity index (χ4n) is 3.09. The van der Waals surface area contributed by atoms with E-state index in [1.807, 2.05) is 42.6 Å². The number of nitrogens with zero attached hydrogens (tertiary/aromatic N) is 2. The van der Waals surface area contributed by atoms with Gasteiger partial charge >= 0.3 is 0 Å². The largest absolute Gasteiger partial charge is 0.345 e. The van der Waals surface area contributed by atoms with E-state index in [1.165, 1.54) is 23.3 Å². The summed E-state index contributed by atoms with van der Waals surface area (Å²) in [5, 5.41) is 7.76.